The number of rotatable bonds is 3. The number of benzene rings is 1. The molecule has 4 nitrogen and oxygen atoms in total. The zero-order chi connectivity index (χ0) is 12.3. The van der Waals surface area contributed by atoms with E-state index in [1.54, 1.807) is 37.7 Å². The number of aromatic nitrogens is 1. The van der Waals surface area contributed by atoms with Gasteiger partial charge in [-0.25, -0.2) is 0 Å². The number of halogens is 1. The molecule has 0 spiro atoms. The van der Waals surface area contributed by atoms with Crippen molar-refractivity contribution in [2.45, 2.75) is 0 Å². The number of anilines is 3. The van der Waals surface area contributed by atoms with E-state index in [-0.39, 0.29) is 0 Å². The fourth-order valence-corrected chi connectivity index (χ4v) is 1.69. The Balaban J connectivity index is 2.22. The first-order valence-corrected chi connectivity index (χ1v) is 5.38. The van der Waals surface area contributed by atoms with Crippen molar-refractivity contribution < 1.29 is 4.74 Å². The minimum absolute atomic E-state index is 0.550. The summed E-state index contributed by atoms with van der Waals surface area (Å²) >= 11 is 6.02. The number of hydrogen-bond acceptors (Lipinski definition) is 4. The van der Waals surface area contributed by atoms with E-state index in [4.69, 9.17) is 22.1 Å². The summed E-state index contributed by atoms with van der Waals surface area (Å²) in [4.78, 5) is 3.99. The lowest BCUT2D eigenvalue weighted by Gasteiger charge is -2.09. The first-order chi connectivity index (χ1) is 8.19. The molecule has 0 aliphatic heterocycles. The van der Waals surface area contributed by atoms with Crippen molar-refractivity contribution in [2.75, 3.05) is 18.2 Å². The van der Waals surface area contributed by atoms with Gasteiger partial charge in [0.1, 0.15) is 5.75 Å². The SMILES string of the molecule is COc1ccc(Nc2cncc(N)c2)cc1Cl. The molecule has 0 aliphatic carbocycles. The number of methoxy groups -OCH3 is 1. The molecule has 1 aromatic carbocycles. The summed E-state index contributed by atoms with van der Waals surface area (Å²) in [7, 11) is 1.58. The maximum atomic E-state index is 6.02. The topological polar surface area (TPSA) is 60.2 Å². The van der Waals surface area contributed by atoms with Gasteiger partial charge >= 0.3 is 0 Å². The van der Waals surface area contributed by atoms with Gasteiger partial charge < -0.3 is 15.8 Å². The molecule has 0 fully saturated rings. The van der Waals surface area contributed by atoms with Crippen LogP contribution in [0.2, 0.25) is 5.02 Å². The van der Waals surface area contributed by atoms with Gasteiger partial charge in [0.15, 0.2) is 0 Å². The fraction of sp³-hybridized carbons (Fsp3) is 0.0833. The summed E-state index contributed by atoms with van der Waals surface area (Å²) in [5.74, 6) is 0.642. The molecule has 0 atom stereocenters. The highest BCUT2D eigenvalue weighted by molar-refractivity contribution is 6.32. The van der Waals surface area contributed by atoms with Crippen LogP contribution in [0.4, 0.5) is 17.1 Å². The van der Waals surface area contributed by atoms with Crippen molar-refractivity contribution >= 4 is 28.7 Å². The lowest BCUT2D eigenvalue weighted by molar-refractivity contribution is 0.415. The molecule has 88 valence electrons. The van der Waals surface area contributed by atoms with Crippen molar-refractivity contribution in [1.29, 1.82) is 0 Å². The number of ether oxygens (including phenoxy) is 1. The number of hydrogen-bond donors (Lipinski definition) is 2. The third kappa shape index (κ3) is 2.79. The van der Waals surface area contributed by atoms with Gasteiger partial charge in [0.05, 0.1) is 29.7 Å². The summed E-state index contributed by atoms with van der Waals surface area (Å²) in [5, 5.41) is 3.70. The normalized spacial score (nSPS) is 10.0. The summed E-state index contributed by atoms with van der Waals surface area (Å²) in [6.07, 6.45) is 3.28. The maximum absolute atomic E-state index is 6.02. The molecule has 0 aliphatic rings. The van der Waals surface area contributed by atoms with E-state index in [0.29, 0.717) is 16.5 Å². The van der Waals surface area contributed by atoms with E-state index in [0.717, 1.165) is 11.4 Å². The maximum Gasteiger partial charge on any atom is 0.137 e. The van der Waals surface area contributed by atoms with Crippen LogP contribution in [0.1, 0.15) is 0 Å². The van der Waals surface area contributed by atoms with Crippen LogP contribution in [0.15, 0.2) is 36.7 Å². The van der Waals surface area contributed by atoms with Crippen molar-refractivity contribution in [2.24, 2.45) is 0 Å². The van der Waals surface area contributed by atoms with E-state index >= 15 is 0 Å². The van der Waals surface area contributed by atoms with Gasteiger partial charge in [-0.05, 0) is 24.3 Å². The molecule has 2 rings (SSSR count). The third-order valence-electron chi connectivity index (χ3n) is 2.20. The quantitative estimate of drug-likeness (QED) is 0.878. The van der Waals surface area contributed by atoms with E-state index < -0.39 is 0 Å². The molecule has 0 radical (unpaired) electrons. The molecule has 0 saturated heterocycles. The highest BCUT2D eigenvalue weighted by Gasteiger charge is 2.02. The molecule has 2 aromatic rings. The molecular weight excluding hydrogens is 238 g/mol. The zero-order valence-electron chi connectivity index (χ0n) is 9.27. The van der Waals surface area contributed by atoms with Crippen molar-refractivity contribution in [3.63, 3.8) is 0 Å². The summed E-state index contributed by atoms with van der Waals surface area (Å²) in [6, 6.07) is 7.24. The molecule has 3 N–H and O–H groups in total. The van der Waals surface area contributed by atoms with Crippen LogP contribution in [-0.2, 0) is 0 Å². The van der Waals surface area contributed by atoms with E-state index in [9.17, 15) is 0 Å². The zero-order valence-corrected chi connectivity index (χ0v) is 10.0. The van der Waals surface area contributed by atoms with Crippen LogP contribution < -0.4 is 15.8 Å². The minimum atomic E-state index is 0.550. The highest BCUT2D eigenvalue weighted by Crippen LogP contribution is 2.28. The number of nitrogens with one attached hydrogen (secondary N) is 1. The van der Waals surface area contributed by atoms with Crippen LogP contribution in [0.3, 0.4) is 0 Å². The predicted octanol–water partition coefficient (Wildman–Crippen LogP) is 3.07. The molecule has 5 heteroatoms. The van der Waals surface area contributed by atoms with Gasteiger partial charge in [-0.15, -0.1) is 0 Å². The minimum Gasteiger partial charge on any atom is -0.495 e. The first kappa shape index (κ1) is 11.5. The van der Waals surface area contributed by atoms with Crippen LogP contribution in [0.5, 0.6) is 5.75 Å². The molecule has 17 heavy (non-hydrogen) atoms. The Labute approximate surface area is 104 Å². The van der Waals surface area contributed by atoms with Crippen LogP contribution in [-0.4, -0.2) is 12.1 Å². The van der Waals surface area contributed by atoms with Gasteiger partial charge in [0.25, 0.3) is 0 Å². The van der Waals surface area contributed by atoms with Crippen LogP contribution in [0.25, 0.3) is 0 Å². The average Bonchev–Trinajstić information content (AvgIpc) is 2.29. The lowest BCUT2D eigenvalue weighted by atomic mass is 10.3. The van der Waals surface area contributed by atoms with E-state index in [1.807, 2.05) is 6.07 Å². The van der Waals surface area contributed by atoms with Gasteiger partial charge in [-0.2, -0.15) is 0 Å². The largest absolute Gasteiger partial charge is 0.495 e. The van der Waals surface area contributed by atoms with Crippen molar-refractivity contribution in [3.8, 4) is 5.75 Å². The summed E-state index contributed by atoms with van der Waals surface area (Å²) < 4.78 is 5.08. The van der Waals surface area contributed by atoms with E-state index in [2.05, 4.69) is 10.3 Å². The van der Waals surface area contributed by atoms with Crippen LogP contribution in [0, 0.1) is 0 Å². The molecule has 0 unspecified atom stereocenters. The van der Waals surface area contributed by atoms with Gasteiger partial charge in [-0.1, -0.05) is 11.6 Å². The Hall–Kier alpha value is -1.94. The van der Waals surface area contributed by atoms with Crippen LogP contribution >= 0.6 is 11.6 Å². The molecule has 0 amide bonds. The molecule has 1 heterocycles. The number of nitrogens with zero attached hydrogens (tertiary/aromatic N) is 1. The average molecular weight is 250 g/mol. The molecular formula is C12H12ClN3O. The third-order valence-corrected chi connectivity index (χ3v) is 2.50. The Kier molecular flexibility index (Phi) is 3.35. The molecule has 0 bridgehead atoms. The second-order valence-corrected chi connectivity index (χ2v) is 3.89. The monoisotopic (exact) mass is 249 g/mol. The summed E-state index contributed by atoms with van der Waals surface area (Å²) in [5.41, 5.74) is 7.91. The van der Waals surface area contributed by atoms with Gasteiger partial charge in [0, 0.05) is 11.9 Å². The summed E-state index contributed by atoms with van der Waals surface area (Å²) in [6.45, 7) is 0. The Morgan fingerprint density at radius 3 is 2.71 bits per heavy atom. The standard InChI is InChI=1S/C12H12ClN3O/c1-17-12-3-2-9(5-11(12)13)16-10-4-8(14)6-15-7-10/h2-7,16H,14H2,1H3. The predicted molar refractivity (Wildman–Crippen MR) is 69.9 cm³/mol. The molecule has 1 aromatic heterocycles. The Morgan fingerprint density at radius 2 is 2.06 bits per heavy atom. The van der Waals surface area contributed by atoms with Gasteiger partial charge in [-0.3, -0.25) is 4.98 Å². The smallest absolute Gasteiger partial charge is 0.137 e. The Morgan fingerprint density at radius 1 is 1.24 bits per heavy atom. The highest BCUT2D eigenvalue weighted by atomic mass is 35.5. The van der Waals surface area contributed by atoms with Crippen molar-refractivity contribution in [1.82, 2.24) is 4.98 Å². The number of nitrogens with two attached hydrogens (primary N) is 1. The van der Waals surface area contributed by atoms with E-state index in [1.165, 1.54) is 0 Å². The number of nitrogen functional groups attached to an aromatic ring is 1. The van der Waals surface area contributed by atoms with Gasteiger partial charge in [0.2, 0.25) is 0 Å². The number of pyridine rings is 1. The molecule has 0 saturated carbocycles. The fourth-order valence-electron chi connectivity index (χ4n) is 1.44. The second-order valence-electron chi connectivity index (χ2n) is 3.48. The lowest BCUT2D eigenvalue weighted by Crippen LogP contribution is -1.94. The Bertz CT molecular complexity index is 531. The van der Waals surface area contributed by atoms with Crippen molar-refractivity contribution in [3.05, 3.63) is 41.7 Å². The second kappa shape index (κ2) is 4.93. The first-order valence-electron chi connectivity index (χ1n) is 5.00.